The Bertz CT molecular complexity index is 75.9. The van der Waals surface area contributed by atoms with E-state index in [2.05, 4.69) is 22.9 Å². The Kier molecular flexibility index (Phi) is 2.69. The fourth-order valence-corrected chi connectivity index (χ4v) is 2.02. The van der Waals surface area contributed by atoms with Crippen molar-refractivity contribution < 1.29 is 5.11 Å². The van der Waals surface area contributed by atoms with Gasteiger partial charge in [-0.15, -0.1) is 0 Å². The van der Waals surface area contributed by atoms with Crippen molar-refractivity contribution in [2.45, 2.75) is 18.6 Å². The summed E-state index contributed by atoms with van der Waals surface area (Å²) in [7, 11) is 0. The van der Waals surface area contributed by atoms with Gasteiger partial charge < -0.3 is 10.8 Å². The minimum atomic E-state index is -0.217. The molecule has 1 fully saturated rings. The second-order valence-corrected chi connectivity index (χ2v) is 3.84. The summed E-state index contributed by atoms with van der Waals surface area (Å²) in [5.74, 6) is 0. The van der Waals surface area contributed by atoms with E-state index >= 15 is 0 Å². The average Bonchev–Trinajstić information content (AvgIpc) is 1.59. The van der Waals surface area contributed by atoms with Gasteiger partial charge in [0.15, 0.2) is 0 Å². The molecule has 1 saturated heterocycles. The number of halogens is 1. The van der Waals surface area contributed by atoms with E-state index in [9.17, 15) is 0 Å². The van der Waals surface area contributed by atoms with Gasteiger partial charge >= 0.3 is 0 Å². The molecular formula is C5H11IN2O. The third kappa shape index (κ3) is 2.37. The van der Waals surface area contributed by atoms with Gasteiger partial charge in [0, 0.05) is 42.0 Å². The number of aliphatic hydroxyl groups excluding tert-OH is 1. The summed E-state index contributed by atoms with van der Waals surface area (Å²) in [4.78, 5) is 0. The Balaban J connectivity index is 2.34. The number of nitrogens with zero attached hydrogens (tertiary/aromatic N) is 1. The van der Waals surface area contributed by atoms with E-state index < -0.39 is 0 Å². The number of aliphatic hydroxyl groups is 1. The molecule has 54 valence electrons. The van der Waals surface area contributed by atoms with E-state index in [-0.39, 0.29) is 12.1 Å². The molecule has 0 aromatic rings. The number of piperidine rings is 1. The predicted octanol–water partition coefficient (Wildman–Crippen LogP) is -0.270. The van der Waals surface area contributed by atoms with E-state index in [4.69, 9.17) is 10.8 Å². The monoisotopic (exact) mass is 242 g/mol. The zero-order chi connectivity index (χ0) is 6.85. The first-order valence-electron chi connectivity index (χ1n) is 3.03. The molecule has 1 heterocycles. The fourth-order valence-electron chi connectivity index (χ4n) is 1.06. The van der Waals surface area contributed by atoms with Gasteiger partial charge in [-0.3, -0.25) is 0 Å². The van der Waals surface area contributed by atoms with Crippen molar-refractivity contribution in [2.24, 2.45) is 5.73 Å². The molecule has 2 unspecified atom stereocenters. The summed E-state index contributed by atoms with van der Waals surface area (Å²) in [6.45, 7) is 1.66. The van der Waals surface area contributed by atoms with Crippen LogP contribution < -0.4 is 5.73 Å². The largest absolute Gasteiger partial charge is 0.392 e. The molecule has 0 aromatic heterocycles. The van der Waals surface area contributed by atoms with Crippen LogP contribution in [0.4, 0.5) is 0 Å². The molecule has 3 N–H and O–H groups in total. The molecule has 4 heteroatoms. The van der Waals surface area contributed by atoms with E-state index in [1.54, 1.807) is 0 Å². The lowest BCUT2D eigenvalue weighted by molar-refractivity contribution is 0.108. The topological polar surface area (TPSA) is 49.5 Å². The lowest BCUT2D eigenvalue weighted by Crippen LogP contribution is -2.44. The maximum absolute atomic E-state index is 9.12. The Labute approximate surface area is 68.7 Å². The summed E-state index contributed by atoms with van der Waals surface area (Å²) < 4.78 is 2.02. The normalized spacial score (nSPS) is 39.0. The van der Waals surface area contributed by atoms with E-state index in [0.29, 0.717) is 0 Å². The second-order valence-electron chi connectivity index (χ2n) is 2.48. The van der Waals surface area contributed by atoms with Crippen LogP contribution in [0, 0.1) is 0 Å². The standard InChI is InChI=1S/C5H11IN2O/c6-8-2-4(7)1-5(9)3-8/h4-5,9H,1-3,7H2. The van der Waals surface area contributed by atoms with E-state index in [0.717, 1.165) is 19.5 Å². The Morgan fingerprint density at radius 3 is 2.67 bits per heavy atom. The van der Waals surface area contributed by atoms with Gasteiger partial charge in [-0.2, -0.15) is 0 Å². The second kappa shape index (κ2) is 3.14. The number of hydrogen-bond acceptors (Lipinski definition) is 3. The summed E-state index contributed by atoms with van der Waals surface area (Å²) in [5.41, 5.74) is 5.61. The van der Waals surface area contributed by atoms with Crippen LogP contribution in [0.5, 0.6) is 0 Å². The van der Waals surface area contributed by atoms with Crippen LogP contribution in [-0.4, -0.2) is 33.5 Å². The Morgan fingerprint density at radius 1 is 1.56 bits per heavy atom. The molecule has 0 bridgehead atoms. The van der Waals surface area contributed by atoms with Crippen LogP contribution in [0.1, 0.15) is 6.42 Å². The van der Waals surface area contributed by atoms with Crippen molar-refractivity contribution in [2.75, 3.05) is 13.1 Å². The smallest absolute Gasteiger partial charge is 0.0690 e. The third-order valence-corrected chi connectivity index (χ3v) is 2.20. The number of nitrogens with two attached hydrogens (primary N) is 1. The minimum absolute atomic E-state index is 0.158. The molecule has 0 aliphatic carbocycles. The van der Waals surface area contributed by atoms with Crippen molar-refractivity contribution in [3.8, 4) is 0 Å². The van der Waals surface area contributed by atoms with Crippen LogP contribution in [0.15, 0.2) is 0 Å². The molecule has 1 aliphatic heterocycles. The van der Waals surface area contributed by atoms with Crippen LogP contribution in [0.2, 0.25) is 0 Å². The highest BCUT2D eigenvalue weighted by molar-refractivity contribution is 14.1. The van der Waals surface area contributed by atoms with Crippen molar-refractivity contribution in [1.29, 1.82) is 0 Å². The summed E-state index contributed by atoms with van der Waals surface area (Å²) in [6, 6.07) is 0.158. The predicted molar refractivity (Wildman–Crippen MR) is 44.2 cm³/mol. The molecular weight excluding hydrogens is 231 g/mol. The van der Waals surface area contributed by atoms with Gasteiger partial charge in [-0.05, 0) is 6.42 Å². The summed E-state index contributed by atoms with van der Waals surface area (Å²) in [5, 5.41) is 9.12. The molecule has 2 atom stereocenters. The highest BCUT2D eigenvalue weighted by Crippen LogP contribution is 2.12. The SMILES string of the molecule is NC1CC(O)CN(I)C1. The molecule has 0 spiro atoms. The van der Waals surface area contributed by atoms with Crippen molar-refractivity contribution >= 4 is 22.9 Å². The van der Waals surface area contributed by atoms with Gasteiger partial charge in [0.1, 0.15) is 0 Å². The van der Waals surface area contributed by atoms with E-state index in [1.165, 1.54) is 0 Å². The number of β-amino-alcohol motifs (C(OH)–C–C–N with tert-alkyl or cyclic N) is 1. The van der Waals surface area contributed by atoms with Gasteiger partial charge in [-0.25, -0.2) is 3.11 Å². The van der Waals surface area contributed by atoms with Crippen LogP contribution in [0.3, 0.4) is 0 Å². The maximum atomic E-state index is 9.12. The van der Waals surface area contributed by atoms with Crippen molar-refractivity contribution in [3.63, 3.8) is 0 Å². The highest BCUT2D eigenvalue weighted by Gasteiger charge is 2.21. The molecule has 1 aliphatic rings. The zero-order valence-electron chi connectivity index (χ0n) is 5.13. The summed E-state index contributed by atoms with van der Waals surface area (Å²) in [6.07, 6.45) is 0.533. The molecule has 0 radical (unpaired) electrons. The van der Waals surface area contributed by atoms with Crippen LogP contribution >= 0.6 is 22.9 Å². The molecule has 0 aromatic carbocycles. The lowest BCUT2D eigenvalue weighted by Gasteiger charge is -2.28. The molecule has 9 heavy (non-hydrogen) atoms. The Hall–Kier alpha value is 0.610. The van der Waals surface area contributed by atoms with Gasteiger partial charge in [0.25, 0.3) is 0 Å². The van der Waals surface area contributed by atoms with Gasteiger partial charge in [0.2, 0.25) is 0 Å². The van der Waals surface area contributed by atoms with Gasteiger partial charge in [0.05, 0.1) is 6.10 Å². The summed E-state index contributed by atoms with van der Waals surface area (Å²) >= 11 is 2.18. The van der Waals surface area contributed by atoms with E-state index in [1.807, 2.05) is 3.11 Å². The first kappa shape index (κ1) is 7.71. The zero-order valence-corrected chi connectivity index (χ0v) is 7.28. The molecule has 3 nitrogen and oxygen atoms in total. The number of rotatable bonds is 0. The molecule has 0 amide bonds. The van der Waals surface area contributed by atoms with Crippen molar-refractivity contribution in [1.82, 2.24) is 3.11 Å². The Morgan fingerprint density at radius 2 is 2.22 bits per heavy atom. The first-order valence-corrected chi connectivity index (χ1v) is 3.99. The van der Waals surface area contributed by atoms with Crippen molar-refractivity contribution in [3.05, 3.63) is 0 Å². The number of hydrogen-bond donors (Lipinski definition) is 2. The third-order valence-electron chi connectivity index (χ3n) is 1.42. The molecule has 0 saturated carbocycles. The first-order chi connectivity index (χ1) is 4.18. The average molecular weight is 242 g/mol. The van der Waals surface area contributed by atoms with Gasteiger partial charge in [-0.1, -0.05) is 0 Å². The minimum Gasteiger partial charge on any atom is -0.392 e. The van der Waals surface area contributed by atoms with Crippen LogP contribution in [-0.2, 0) is 0 Å². The highest BCUT2D eigenvalue weighted by atomic mass is 127. The quantitative estimate of drug-likeness (QED) is 0.454. The maximum Gasteiger partial charge on any atom is 0.0690 e. The fraction of sp³-hybridized carbons (Fsp3) is 1.00. The van der Waals surface area contributed by atoms with Crippen LogP contribution in [0.25, 0.3) is 0 Å². The lowest BCUT2D eigenvalue weighted by atomic mass is 10.1. The molecule has 1 rings (SSSR count).